The zero-order valence-electron chi connectivity index (χ0n) is 9.71. The highest BCUT2D eigenvalue weighted by molar-refractivity contribution is 5.34. The smallest absolute Gasteiger partial charge is 0.239 e. The Bertz CT molecular complexity index is 347. The molecule has 1 aliphatic rings. The van der Waals surface area contributed by atoms with Gasteiger partial charge in [-0.2, -0.15) is 0 Å². The number of benzene rings is 1. The minimum Gasteiger partial charge on any atom is -0.312 e. The van der Waals surface area contributed by atoms with Gasteiger partial charge in [0, 0.05) is 5.56 Å². The first kappa shape index (κ1) is 11.8. The Labute approximate surface area is 93.0 Å². The van der Waals surface area contributed by atoms with Crippen molar-refractivity contribution < 1.29 is 0 Å². The molecule has 0 aromatic heterocycles. The zero-order valence-corrected chi connectivity index (χ0v) is 9.71. The maximum absolute atomic E-state index is 6.81. The highest BCUT2D eigenvalue weighted by atomic mass is 14.6. The SMILES string of the molecule is CC.[C-]#[N+]Cc1ccc2c(c1)CCCC2. The van der Waals surface area contributed by atoms with Crippen LogP contribution in [0.1, 0.15) is 43.4 Å². The van der Waals surface area contributed by atoms with Gasteiger partial charge in [0.15, 0.2) is 0 Å². The molecule has 1 heteroatoms. The number of nitrogens with zero attached hydrogens (tertiary/aromatic N) is 1. The summed E-state index contributed by atoms with van der Waals surface area (Å²) in [7, 11) is 0. The number of hydrogen-bond acceptors (Lipinski definition) is 0. The molecule has 0 unspecified atom stereocenters. The fraction of sp³-hybridized carbons (Fsp3) is 0.500. The second kappa shape index (κ2) is 6.24. The summed E-state index contributed by atoms with van der Waals surface area (Å²) < 4.78 is 0. The molecule has 0 N–H and O–H groups in total. The lowest BCUT2D eigenvalue weighted by atomic mass is 9.90. The summed E-state index contributed by atoms with van der Waals surface area (Å²) >= 11 is 0. The van der Waals surface area contributed by atoms with Crippen molar-refractivity contribution in [2.45, 2.75) is 46.1 Å². The van der Waals surface area contributed by atoms with Crippen molar-refractivity contribution in [3.63, 3.8) is 0 Å². The Kier molecular flexibility index (Phi) is 4.90. The van der Waals surface area contributed by atoms with Crippen LogP contribution in [0.4, 0.5) is 0 Å². The normalized spacial score (nSPS) is 13.1. The highest BCUT2D eigenvalue weighted by Crippen LogP contribution is 2.22. The summed E-state index contributed by atoms with van der Waals surface area (Å²) in [4.78, 5) is 3.40. The predicted octanol–water partition coefficient (Wildman–Crippen LogP) is 4.01. The van der Waals surface area contributed by atoms with E-state index >= 15 is 0 Å². The van der Waals surface area contributed by atoms with Crippen LogP contribution in [-0.4, -0.2) is 0 Å². The Morgan fingerprint density at radius 3 is 2.47 bits per heavy atom. The summed E-state index contributed by atoms with van der Waals surface area (Å²) in [5, 5.41) is 0. The van der Waals surface area contributed by atoms with Gasteiger partial charge in [0.05, 0.1) is 0 Å². The lowest BCUT2D eigenvalue weighted by molar-refractivity contribution is 0.684. The molecule has 1 aliphatic carbocycles. The fourth-order valence-corrected chi connectivity index (χ4v) is 1.98. The Morgan fingerprint density at radius 2 is 1.80 bits per heavy atom. The molecule has 0 saturated heterocycles. The summed E-state index contributed by atoms with van der Waals surface area (Å²) in [5.41, 5.74) is 4.16. The summed E-state index contributed by atoms with van der Waals surface area (Å²) in [6.07, 6.45) is 5.08. The maximum Gasteiger partial charge on any atom is 0.239 e. The Hall–Kier alpha value is -1.29. The van der Waals surface area contributed by atoms with Crippen LogP contribution in [0.2, 0.25) is 0 Å². The van der Waals surface area contributed by atoms with Crippen LogP contribution in [0.3, 0.4) is 0 Å². The molecule has 1 aromatic carbocycles. The topological polar surface area (TPSA) is 4.36 Å². The molecule has 0 aliphatic heterocycles. The average molecular weight is 201 g/mol. The minimum absolute atomic E-state index is 0.535. The Balaban J connectivity index is 0.000000531. The van der Waals surface area contributed by atoms with Crippen LogP contribution in [0.25, 0.3) is 4.85 Å². The van der Waals surface area contributed by atoms with E-state index in [2.05, 4.69) is 23.0 Å². The van der Waals surface area contributed by atoms with Gasteiger partial charge >= 0.3 is 0 Å². The van der Waals surface area contributed by atoms with Gasteiger partial charge in [0.25, 0.3) is 0 Å². The van der Waals surface area contributed by atoms with Crippen molar-refractivity contribution in [1.29, 1.82) is 0 Å². The van der Waals surface area contributed by atoms with Gasteiger partial charge in [0.1, 0.15) is 0 Å². The van der Waals surface area contributed by atoms with E-state index in [0.717, 1.165) is 0 Å². The van der Waals surface area contributed by atoms with Gasteiger partial charge in [0.2, 0.25) is 6.54 Å². The maximum atomic E-state index is 6.81. The lowest BCUT2D eigenvalue weighted by Crippen LogP contribution is -2.02. The van der Waals surface area contributed by atoms with Crippen LogP contribution in [0, 0.1) is 6.57 Å². The molecule has 1 aromatic rings. The largest absolute Gasteiger partial charge is 0.312 e. The summed E-state index contributed by atoms with van der Waals surface area (Å²) in [6, 6.07) is 6.52. The standard InChI is InChI=1S/C12H13N.C2H6/c1-13-9-10-6-7-11-4-2-3-5-12(11)8-10;1-2/h6-8H,2-5,9H2;1-2H3. The second-order valence-corrected chi connectivity index (χ2v) is 3.63. The molecule has 0 saturated carbocycles. The van der Waals surface area contributed by atoms with Gasteiger partial charge in [-0.1, -0.05) is 26.0 Å². The molecule has 0 bridgehead atoms. The number of aryl methyl sites for hydroxylation is 2. The quantitative estimate of drug-likeness (QED) is 0.605. The number of hydrogen-bond donors (Lipinski definition) is 0. The molecule has 15 heavy (non-hydrogen) atoms. The van der Waals surface area contributed by atoms with E-state index < -0.39 is 0 Å². The molecule has 0 amide bonds. The molecular weight excluding hydrogens is 182 g/mol. The molecular formula is C14H19N. The van der Waals surface area contributed by atoms with E-state index in [0.29, 0.717) is 6.54 Å². The van der Waals surface area contributed by atoms with Gasteiger partial charge in [-0.05, 0) is 42.9 Å². The monoisotopic (exact) mass is 201 g/mol. The van der Waals surface area contributed by atoms with E-state index in [-0.39, 0.29) is 0 Å². The van der Waals surface area contributed by atoms with Crippen LogP contribution in [-0.2, 0) is 19.4 Å². The highest BCUT2D eigenvalue weighted by Gasteiger charge is 2.09. The molecule has 0 heterocycles. The number of rotatable bonds is 1. The summed E-state index contributed by atoms with van der Waals surface area (Å²) in [5.74, 6) is 0. The van der Waals surface area contributed by atoms with Crippen molar-refractivity contribution >= 4 is 0 Å². The zero-order chi connectivity index (χ0) is 11.1. The van der Waals surface area contributed by atoms with Crippen LogP contribution < -0.4 is 0 Å². The predicted molar refractivity (Wildman–Crippen MR) is 64.7 cm³/mol. The van der Waals surface area contributed by atoms with Crippen LogP contribution >= 0.6 is 0 Å². The van der Waals surface area contributed by atoms with E-state index in [1.54, 1.807) is 0 Å². The van der Waals surface area contributed by atoms with Crippen LogP contribution in [0.15, 0.2) is 18.2 Å². The molecule has 2 rings (SSSR count). The Morgan fingerprint density at radius 1 is 1.13 bits per heavy atom. The van der Waals surface area contributed by atoms with E-state index in [4.69, 9.17) is 6.57 Å². The molecule has 0 radical (unpaired) electrons. The lowest BCUT2D eigenvalue weighted by Gasteiger charge is -2.15. The fourth-order valence-electron chi connectivity index (χ4n) is 1.98. The van der Waals surface area contributed by atoms with Crippen molar-refractivity contribution in [3.05, 3.63) is 46.3 Å². The van der Waals surface area contributed by atoms with Crippen LogP contribution in [0.5, 0.6) is 0 Å². The van der Waals surface area contributed by atoms with Gasteiger partial charge < -0.3 is 4.85 Å². The minimum atomic E-state index is 0.535. The second-order valence-electron chi connectivity index (χ2n) is 3.63. The van der Waals surface area contributed by atoms with E-state index in [9.17, 15) is 0 Å². The molecule has 80 valence electrons. The van der Waals surface area contributed by atoms with Crippen molar-refractivity contribution in [2.24, 2.45) is 0 Å². The average Bonchev–Trinajstić information content (AvgIpc) is 2.32. The molecule has 0 spiro atoms. The third kappa shape index (κ3) is 3.09. The first-order valence-corrected chi connectivity index (χ1v) is 5.84. The number of fused-ring (bicyclic) bond motifs is 1. The molecule has 0 fully saturated rings. The van der Waals surface area contributed by atoms with Gasteiger partial charge in [-0.3, -0.25) is 0 Å². The first-order valence-electron chi connectivity index (χ1n) is 5.84. The van der Waals surface area contributed by atoms with Crippen molar-refractivity contribution in [1.82, 2.24) is 0 Å². The molecule has 1 nitrogen and oxygen atoms in total. The van der Waals surface area contributed by atoms with Gasteiger partial charge in [-0.25, -0.2) is 6.57 Å². The van der Waals surface area contributed by atoms with Crippen molar-refractivity contribution in [2.75, 3.05) is 0 Å². The summed E-state index contributed by atoms with van der Waals surface area (Å²) in [6.45, 7) is 11.3. The first-order chi connectivity index (χ1) is 7.40. The van der Waals surface area contributed by atoms with E-state index in [1.165, 1.54) is 42.4 Å². The van der Waals surface area contributed by atoms with Crippen molar-refractivity contribution in [3.8, 4) is 0 Å². The molecule has 0 atom stereocenters. The van der Waals surface area contributed by atoms with E-state index in [1.807, 2.05) is 13.8 Å². The third-order valence-electron chi connectivity index (χ3n) is 2.67. The third-order valence-corrected chi connectivity index (χ3v) is 2.67. The van der Waals surface area contributed by atoms with Gasteiger partial charge in [-0.15, -0.1) is 0 Å².